The highest BCUT2D eigenvalue weighted by Crippen LogP contribution is 2.46. The maximum Gasteiger partial charge on any atom is 0.223 e. The van der Waals surface area contributed by atoms with Crippen molar-refractivity contribution in [2.24, 2.45) is 11.3 Å². The van der Waals surface area contributed by atoms with E-state index in [-0.39, 0.29) is 11.8 Å². The summed E-state index contributed by atoms with van der Waals surface area (Å²) in [4.78, 5) is 11.6. The molecule has 0 spiro atoms. The minimum absolute atomic E-state index is 0.271. The molecule has 3 rings (SSSR count). The van der Waals surface area contributed by atoms with Gasteiger partial charge in [0, 0.05) is 16.9 Å². The van der Waals surface area contributed by atoms with Gasteiger partial charge in [0.25, 0.3) is 0 Å². The van der Waals surface area contributed by atoms with Gasteiger partial charge in [-0.15, -0.1) is 0 Å². The summed E-state index contributed by atoms with van der Waals surface area (Å²) in [5.41, 5.74) is 1.69. The van der Waals surface area contributed by atoms with Gasteiger partial charge >= 0.3 is 0 Å². The van der Waals surface area contributed by atoms with E-state index in [9.17, 15) is 4.79 Å². The molecular weight excluding hydrogens is 278 g/mol. The van der Waals surface area contributed by atoms with Gasteiger partial charge in [-0.1, -0.05) is 28.1 Å². The number of carbonyl (C=O) groups is 1. The zero-order valence-corrected chi connectivity index (χ0v) is 11.3. The molecule has 1 saturated heterocycles. The number of halogens is 1. The first-order valence-electron chi connectivity index (χ1n) is 6.19. The lowest BCUT2D eigenvalue weighted by Crippen LogP contribution is -2.44. The average Bonchev–Trinajstić information content (AvgIpc) is 2.65. The molecule has 2 unspecified atom stereocenters. The molecular formula is C14H16BrNO. The highest BCUT2D eigenvalue weighted by atomic mass is 79.9. The highest BCUT2D eigenvalue weighted by molar-refractivity contribution is 9.10. The Morgan fingerprint density at radius 3 is 3.18 bits per heavy atom. The third kappa shape index (κ3) is 2.13. The molecule has 0 radical (unpaired) electrons. The number of rotatable bonds is 2. The Bertz CT molecular complexity index is 459. The first-order chi connectivity index (χ1) is 8.17. The molecule has 1 aromatic carbocycles. The van der Waals surface area contributed by atoms with Gasteiger partial charge in [-0.05, 0) is 48.8 Å². The zero-order chi connectivity index (χ0) is 11.9. The van der Waals surface area contributed by atoms with Crippen LogP contribution in [0.2, 0.25) is 0 Å². The lowest BCUT2D eigenvalue weighted by atomic mass is 9.77. The quantitative estimate of drug-likeness (QED) is 0.893. The lowest BCUT2D eigenvalue weighted by Gasteiger charge is -2.33. The summed E-state index contributed by atoms with van der Waals surface area (Å²) in [7, 11) is 0. The fraction of sp³-hybridized carbons (Fsp3) is 0.500. The van der Waals surface area contributed by atoms with Crippen LogP contribution >= 0.6 is 15.9 Å². The number of piperidine rings is 1. The monoisotopic (exact) mass is 293 g/mol. The van der Waals surface area contributed by atoms with Gasteiger partial charge in [-0.25, -0.2) is 0 Å². The van der Waals surface area contributed by atoms with E-state index >= 15 is 0 Å². The van der Waals surface area contributed by atoms with Crippen LogP contribution in [-0.2, 0) is 11.2 Å². The summed E-state index contributed by atoms with van der Waals surface area (Å²) < 4.78 is 1.14. The van der Waals surface area contributed by atoms with Crippen LogP contribution in [0.15, 0.2) is 28.7 Å². The van der Waals surface area contributed by atoms with Crippen molar-refractivity contribution < 1.29 is 4.79 Å². The predicted molar refractivity (Wildman–Crippen MR) is 70.6 cm³/mol. The molecule has 1 heterocycles. The number of fused-ring (bicyclic) bond motifs is 2. The average molecular weight is 294 g/mol. The van der Waals surface area contributed by atoms with E-state index < -0.39 is 0 Å². The predicted octanol–water partition coefficient (Wildman–Crippen LogP) is 2.91. The number of hydrogen-bond acceptors (Lipinski definition) is 1. The van der Waals surface area contributed by atoms with Gasteiger partial charge in [0.2, 0.25) is 5.91 Å². The van der Waals surface area contributed by atoms with E-state index in [1.54, 1.807) is 0 Å². The van der Waals surface area contributed by atoms with E-state index in [1.807, 2.05) is 0 Å². The van der Waals surface area contributed by atoms with E-state index in [0.717, 1.165) is 30.3 Å². The first kappa shape index (κ1) is 11.3. The number of carbonyl (C=O) groups excluding carboxylic acids is 1. The molecule has 2 aliphatic rings. The zero-order valence-electron chi connectivity index (χ0n) is 9.71. The maximum absolute atomic E-state index is 11.6. The Morgan fingerprint density at radius 1 is 1.47 bits per heavy atom. The van der Waals surface area contributed by atoms with Gasteiger partial charge in [0.15, 0.2) is 0 Å². The Morgan fingerprint density at radius 2 is 2.35 bits per heavy atom. The van der Waals surface area contributed by atoms with Crippen molar-refractivity contribution in [3.05, 3.63) is 34.3 Å². The van der Waals surface area contributed by atoms with Crippen LogP contribution < -0.4 is 5.32 Å². The second-order valence-corrected chi connectivity index (χ2v) is 6.38. The Kier molecular flexibility index (Phi) is 2.74. The summed E-state index contributed by atoms with van der Waals surface area (Å²) in [6.07, 6.45) is 4.41. The number of hydrogen-bond donors (Lipinski definition) is 1. The molecule has 17 heavy (non-hydrogen) atoms. The number of amides is 1. The van der Waals surface area contributed by atoms with Crippen molar-refractivity contribution in [3.8, 4) is 0 Å². The summed E-state index contributed by atoms with van der Waals surface area (Å²) in [6, 6.07) is 8.52. The minimum Gasteiger partial charge on any atom is -0.355 e. The van der Waals surface area contributed by atoms with E-state index in [2.05, 4.69) is 45.5 Å². The SMILES string of the molecule is O=C1NCC2(Cc3cccc(Br)c3)CCC1C2. The van der Waals surface area contributed by atoms with Crippen molar-refractivity contribution in [1.29, 1.82) is 0 Å². The molecule has 1 aliphatic heterocycles. The largest absolute Gasteiger partial charge is 0.355 e. The second-order valence-electron chi connectivity index (χ2n) is 5.46. The third-order valence-corrected chi connectivity index (χ3v) is 4.67. The van der Waals surface area contributed by atoms with Crippen LogP contribution in [0.1, 0.15) is 24.8 Å². The summed E-state index contributed by atoms with van der Waals surface area (Å²) in [5, 5.41) is 3.07. The number of benzene rings is 1. The molecule has 90 valence electrons. The Balaban J connectivity index is 1.79. The van der Waals surface area contributed by atoms with Crippen LogP contribution in [0.5, 0.6) is 0 Å². The topological polar surface area (TPSA) is 29.1 Å². The van der Waals surface area contributed by atoms with Gasteiger partial charge in [-0.3, -0.25) is 4.79 Å². The van der Waals surface area contributed by atoms with Crippen LogP contribution in [0.3, 0.4) is 0 Å². The van der Waals surface area contributed by atoms with Gasteiger partial charge in [0.05, 0.1) is 0 Å². The molecule has 2 atom stereocenters. The molecule has 2 nitrogen and oxygen atoms in total. The Hall–Kier alpha value is -0.830. The summed E-state index contributed by atoms with van der Waals surface area (Å²) in [6.45, 7) is 0.856. The van der Waals surface area contributed by atoms with Gasteiger partial charge in [-0.2, -0.15) is 0 Å². The minimum atomic E-state index is 0.271. The molecule has 1 saturated carbocycles. The van der Waals surface area contributed by atoms with Crippen LogP contribution in [0.4, 0.5) is 0 Å². The molecule has 1 aromatic rings. The first-order valence-corrected chi connectivity index (χ1v) is 6.98. The molecule has 1 N–H and O–H groups in total. The second kappa shape index (κ2) is 4.13. The van der Waals surface area contributed by atoms with Crippen molar-refractivity contribution >= 4 is 21.8 Å². The van der Waals surface area contributed by atoms with Gasteiger partial charge in [0.1, 0.15) is 0 Å². The van der Waals surface area contributed by atoms with Crippen LogP contribution in [0, 0.1) is 11.3 Å². The Labute approximate surface area is 110 Å². The molecule has 1 aliphatic carbocycles. The van der Waals surface area contributed by atoms with Crippen LogP contribution in [0.25, 0.3) is 0 Å². The maximum atomic E-state index is 11.6. The molecule has 1 amide bonds. The smallest absolute Gasteiger partial charge is 0.223 e. The van der Waals surface area contributed by atoms with Crippen molar-refractivity contribution in [1.82, 2.24) is 5.32 Å². The molecule has 3 heteroatoms. The third-order valence-electron chi connectivity index (χ3n) is 4.18. The fourth-order valence-corrected chi connectivity index (χ4v) is 3.76. The van der Waals surface area contributed by atoms with E-state index in [1.165, 1.54) is 12.0 Å². The molecule has 0 aromatic heterocycles. The lowest BCUT2D eigenvalue weighted by molar-refractivity contribution is -0.127. The fourth-order valence-electron chi connectivity index (χ4n) is 3.31. The standard InChI is InChI=1S/C14H16BrNO/c15-12-3-1-2-10(6-12)7-14-5-4-11(8-14)13(17)16-9-14/h1-3,6,11H,4-5,7-9H2,(H,16,17). The molecule has 2 bridgehead atoms. The van der Waals surface area contributed by atoms with Crippen LogP contribution in [-0.4, -0.2) is 12.5 Å². The summed E-state index contributed by atoms with van der Waals surface area (Å²) in [5.74, 6) is 0.545. The van der Waals surface area contributed by atoms with E-state index in [0.29, 0.717) is 5.41 Å². The van der Waals surface area contributed by atoms with Crippen molar-refractivity contribution in [2.45, 2.75) is 25.7 Å². The van der Waals surface area contributed by atoms with E-state index in [4.69, 9.17) is 0 Å². The molecule has 2 fully saturated rings. The summed E-state index contributed by atoms with van der Waals surface area (Å²) >= 11 is 3.52. The normalized spacial score (nSPS) is 31.4. The highest BCUT2D eigenvalue weighted by Gasteiger charge is 2.45. The van der Waals surface area contributed by atoms with Gasteiger partial charge < -0.3 is 5.32 Å². The van der Waals surface area contributed by atoms with Crippen molar-refractivity contribution in [2.75, 3.05) is 6.54 Å². The number of nitrogens with one attached hydrogen (secondary N) is 1. The van der Waals surface area contributed by atoms with Crippen molar-refractivity contribution in [3.63, 3.8) is 0 Å².